The lowest BCUT2D eigenvalue weighted by molar-refractivity contribution is -0.147. The van der Waals surface area contributed by atoms with Gasteiger partial charge in [0.05, 0.1) is 13.2 Å². The standard InChI is InChI=1S/C37H49N9O6/c1-3-4-15-28(43-33(49)29(19-25-13-9-6-10-14-25)44-31(47)27(38)18-24-11-7-5-8-12-24)32(48)45-30(20-26-21-41-36(39)42-22-26)34(50)46-17-16-37(40,23-46)35(51)52-2/h5-14,21-22,27-30H,3-4,15-20,23,38,40H2,1-2H3,(H,43,49)(H,44,47)(H,45,48)(H2,39,41,42)/t27-,28-,29-,30-,37?/m1/s1. The first-order valence-electron chi connectivity index (χ1n) is 17.4. The number of nitrogens with one attached hydrogen (secondary N) is 3. The lowest BCUT2D eigenvalue weighted by atomic mass is 10.0. The summed E-state index contributed by atoms with van der Waals surface area (Å²) in [5.41, 5.74) is 19.0. The molecule has 1 saturated heterocycles. The van der Waals surface area contributed by atoms with E-state index in [1.807, 2.05) is 67.6 Å². The van der Waals surface area contributed by atoms with Crippen LogP contribution in [0.3, 0.4) is 0 Å². The predicted octanol–water partition coefficient (Wildman–Crippen LogP) is 0.161. The van der Waals surface area contributed by atoms with E-state index in [1.54, 1.807) is 0 Å². The van der Waals surface area contributed by atoms with Crippen LogP contribution in [0.1, 0.15) is 49.3 Å². The molecule has 1 unspecified atom stereocenters. The number of aromatic nitrogens is 2. The van der Waals surface area contributed by atoms with Crippen molar-refractivity contribution in [3.8, 4) is 0 Å². The van der Waals surface area contributed by atoms with Gasteiger partial charge in [-0.3, -0.25) is 19.2 Å². The number of nitrogens with zero attached hydrogens (tertiary/aromatic N) is 3. The number of amides is 4. The van der Waals surface area contributed by atoms with Crippen molar-refractivity contribution in [2.45, 2.75) is 81.6 Å². The zero-order valence-corrected chi connectivity index (χ0v) is 29.6. The summed E-state index contributed by atoms with van der Waals surface area (Å²) in [4.78, 5) is 77.0. The van der Waals surface area contributed by atoms with Crippen molar-refractivity contribution in [2.75, 3.05) is 25.9 Å². The molecule has 0 spiro atoms. The number of hydrogen-bond donors (Lipinski definition) is 6. The maximum atomic E-state index is 14.0. The molecule has 0 saturated carbocycles. The molecule has 15 heteroatoms. The monoisotopic (exact) mass is 715 g/mol. The van der Waals surface area contributed by atoms with E-state index in [4.69, 9.17) is 21.9 Å². The molecule has 0 radical (unpaired) electrons. The molecule has 0 bridgehead atoms. The van der Waals surface area contributed by atoms with Gasteiger partial charge >= 0.3 is 5.97 Å². The normalized spacial score (nSPS) is 17.7. The van der Waals surface area contributed by atoms with Gasteiger partial charge in [0.2, 0.25) is 29.6 Å². The number of nitrogen functional groups attached to an aromatic ring is 1. The molecule has 1 fully saturated rings. The maximum absolute atomic E-state index is 14.0. The summed E-state index contributed by atoms with van der Waals surface area (Å²) in [6.07, 6.45) is 5.07. The number of benzene rings is 2. The summed E-state index contributed by atoms with van der Waals surface area (Å²) in [6.45, 7) is 2.01. The molecule has 1 aliphatic rings. The van der Waals surface area contributed by atoms with Gasteiger partial charge in [-0.2, -0.15) is 0 Å². The number of rotatable bonds is 17. The minimum atomic E-state index is -1.39. The number of carbonyl (C=O) groups is 5. The highest BCUT2D eigenvalue weighted by atomic mass is 16.5. The van der Waals surface area contributed by atoms with Crippen LogP contribution < -0.4 is 33.2 Å². The van der Waals surface area contributed by atoms with Gasteiger partial charge in [-0.25, -0.2) is 14.8 Å². The zero-order chi connectivity index (χ0) is 37.7. The highest BCUT2D eigenvalue weighted by molar-refractivity contribution is 5.95. The molecule has 2 aromatic carbocycles. The van der Waals surface area contributed by atoms with Crippen molar-refractivity contribution in [3.63, 3.8) is 0 Å². The zero-order valence-electron chi connectivity index (χ0n) is 29.6. The minimum Gasteiger partial charge on any atom is -0.468 e. The van der Waals surface area contributed by atoms with E-state index >= 15 is 0 Å². The maximum Gasteiger partial charge on any atom is 0.327 e. The third kappa shape index (κ3) is 11.0. The molecular weight excluding hydrogens is 666 g/mol. The summed E-state index contributed by atoms with van der Waals surface area (Å²) in [5.74, 6) is -2.78. The number of methoxy groups -OCH3 is 1. The second-order valence-electron chi connectivity index (χ2n) is 13.1. The molecule has 15 nitrogen and oxygen atoms in total. The van der Waals surface area contributed by atoms with Crippen LogP contribution in [-0.4, -0.2) is 94.4 Å². The van der Waals surface area contributed by atoms with Gasteiger partial charge in [0.1, 0.15) is 23.7 Å². The Bertz CT molecular complexity index is 1660. The Labute approximate surface area is 303 Å². The van der Waals surface area contributed by atoms with Gasteiger partial charge in [-0.1, -0.05) is 80.4 Å². The fourth-order valence-corrected chi connectivity index (χ4v) is 6.04. The Hall–Kier alpha value is -5.41. The Morgan fingerprint density at radius 2 is 1.35 bits per heavy atom. The van der Waals surface area contributed by atoms with Crippen molar-refractivity contribution in [1.29, 1.82) is 0 Å². The Morgan fingerprint density at radius 1 is 0.808 bits per heavy atom. The SMILES string of the molecule is CCCC[C@@H](NC(=O)[C@@H](Cc1ccccc1)NC(=O)[C@H](N)Cc1ccccc1)C(=O)N[C@H](Cc1cnc(N)nc1)C(=O)N1CCC(N)(C(=O)OC)C1. The minimum absolute atomic E-state index is 0.00240. The smallest absolute Gasteiger partial charge is 0.327 e. The quantitative estimate of drug-likeness (QED) is 0.103. The Kier molecular flexibility index (Phi) is 14.2. The van der Waals surface area contributed by atoms with Crippen LogP contribution in [0.25, 0.3) is 0 Å². The topological polar surface area (TPSA) is 238 Å². The number of hydrogen-bond acceptors (Lipinski definition) is 11. The molecule has 52 heavy (non-hydrogen) atoms. The van der Waals surface area contributed by atoms with Gasteiger partial charge in [-0.15, -0.1) is 0 Å². The van der Waals surface area contributed by atoms with Crippen LogP contribution in [-0.2, 0) is 48.0 Å². The number of esters is 1. The molecule has 4 amide bonds. The van der Waals surface area contributed by atoms with Crippen LogP contribution in [0.5, 0.6) is 0 Å². The Morgan fingerprint density at radius 3 is 1.94 bits per heavy atom. The van der Waals surface area contributed by atoms with E-state index in [9.17, 15) is 24.0 Å². The summed E-state index contributed by atoms with van der Waals surface area (Å²) in [7, 11) is 1.23. The van der Waals surface area contributed by atoms with Crippen LogP contribution >= 0.6 is 0 Å². The van der Waals surface area contributed by atoms with Crippen molar-refractivity contribution >= 4 is 35.5 Å². The van der Waals surface area contributed by atoms with Gasteiger partial charge < -0.3 is 42.8 Å². The van der Waals surface area contributed by atoms with E-state index in [0.29, 0.717) is 12.0 Å². The highest BCUT2D eigenvalue weighted by Gasteiger charge is 2.45. The van der Waals surface area contributed by atoms with Crippen LogP contribution in [0, 0.1) is 0 Å². The summed E-state index contributed by atoms with van der Waals surface area (Å²) in [6, 6.07) is 14.3. The Balaban J connectivity index is 1.54. The number of unbranched alkanes of at least 4 members (excludes halogenated alkanes) is 1. The first kappa shape index (κ1) is 39.4. The van der Waals surface area contributed by atoms with Crippen molar-refractivity contribution < 1.29 is 28.7 Å². The molecule has 0 aliphatic carbocycles. The number of ether oxygens (including phenoxy) is 1. The van der Waals surface area contributed by atoms with Gasteiger partial charge in [-0.05, 0) is 36.0 Å². The van der Waals surface area contributed by atoms with Crippen molar-refractivity contribution in [3.05, 3.63) is 89.7 Å². The summed E-state index contributed by atoms with van der Waals surface area (Å²) < 4.78 is 4.85. The predicted molar refractivity (Wildman–Crippen MR) is 194 cm³/mol. The van der Waals surface area contributed by atoms with Crippen LogP contribution in [0.2, 0.25) is 0 Å². The van der Waals surface area contributed by atoms with Crippen molar-refractivity contribution in [2.24, 2.45) is 11.5 Å². The molecule has 1 aromatic heterocycles. The summed E-state index contributed by atoms with van der Waals surface area (Å²) >= 11 is 0. The molecule has 4 rings (SSSR count). The number of anilines is 1. The molecular formula is C37H49N9O6. The molecule has 2 heterocycles. The van der Waals surface area contributed by atoms with E-state index in [1.165, 1.54) is 24.4 Å². The van der Waals surface area contributed by atoms with Crippen LogP contribution in [0.4, 0.5) is 5.95 Å². The number of carbonyl (C=O) groups excluding carboxylic acids is 5. The van der Waals surface area contributed by atoms with E-state index < -0.39 is 59.3 Å². The van der Waals surface area contributed by atoms with E-state index in [-0.39, 0.29) is 51.1 Å². The molecule has 9 N–H and O–H groups in total. The first-order chi connectivity index (χ1) is 24.9. The van der Waals surface area contributed by atoms with Gasteiger partial charge in [0, 0.05) is 38.3 Å². The van der Waals surface area contributed by atoms with Crippen LogP contribution in [0.15, 0.2) is 73.1 Å². The van der Waals surface area contributed by atoms with E-state index in [2.05, 4.69) is 25.9 Å². The van der Waals surface area contributed by atoms with Gasteiger partial charge in [0.25, 0.3) is 0 Å². The average molecular weight is 716 g/mol. The van der Waals surface area contributed by atoms with Gasteiger partial charge in [0.15, 0.2) is 0 Å². The number of nitrogens with two attached hydrogens (primary N) is 3. The third-order valence-corrected chi connectivity index (χ3v) is 9.01. The third-order valence-electron chi connectivity index (χ3n) is 9.01. The molecule has 1 aliphatic heterocycles. The molecule has 278 valence electrons. The highest BCUT2D eigenvalue weighted by Crippen LogP contribution is 2.22. The lowest BCUT2D eigenvalue weighted by Gasteiger charge is -2.28. The first-order valence-corrected chi connectivity index (χ1v) is 17.4. The molecule has 3 aromatic rings. The molecule has 5 atom stereocenters. The lowest BCUT2D eigenvalue weighted by Crippen LogP contribution is -2.59. The average Bonchev–Trinajstić information content (AvgIpc) is 3.56. The number of likely N-dealkylation sites (tertiary alicyclic amines) is 1. The largest absolute Gasteiger partial charge is 0.468 e. The fourth-order valence-electron chi connectivity index (χ4n) is 6.04. The van der Waals surface area contributed by atoms with Crippen molar-refractivity contribution in [1.82, 2.24) is 30.8 Å². The van der Waals surface area contributed by atoms with E-state index in [0.717, 1.165) is 17.5 Å². The fraction of sp³-hybridized carbons (Fsp3) is 0.432. The second kappa shape index (κ2) is 18.7. The summed E-state index contributed by atoms with van der Waals surface area (Å²) in [5, 5.41) is 8.45. The second-order valence-corrected chi connectivity index (χ2v) is 13.1.